The summed E-state index contributed by atoms with van der Waals surface area (Å²) in [6, 6.07) is 7.66. The number of carbonyl (C=O) groups is 6. The molecule has 0 saturated heterocycles. The van der Waals surface area contributed by atoms with Crippen molar-refractivity contribution in [1.82, 2.24) is 20.9 Å². The standard InChI is InChI=1S/C30H36N6O9/c31-20(9-12-26(39)40)27(41)35-23(13-16-5-7-18(37)8-6-16)28(42)36-24(14-17-15-33-21-4-2-1-3-19(17)21)29(43)34-22(30(44)45)10-11-25(32)38/h1-8,15,20,22-24,33,37H,9-14,31H2,(H2,32,38)(H,34,43)(H,35,41)(H,36,42)(H,39,40)(H,44,45). The van der Waals surface area contributed by atoms with Gasteiger partial charge in [-0.05, 0) is 42.2 Å². The van der Waals surface area contributed by atoms with E-state index in [4.69, 9.17) is 16.6 Å². The molecule has 240 valence electrons. The van der Waals surface area contributed by atoms with Crippen LogP contribution in [0.1, 0.15) is 36.8 Å². The number of aromatic nitrogens is 1. The summed E-state index contributed by atoms with van der Waals surface area (Å²) < 4.78 is 0. The van der Waals surface area contributed by atoms with Crippen molar-refractivity contribution in [3.8, 4) is 5.75 Å². The molecule has 15 heteroatoms. The maximum atomic E-state index is 13.7. The van der Waals surface area contributed by atoms with Gasteiger partial charge in [-0.3, -0.25) is 24.0 Å². The third-order valence-electron chi connectivity index (χ3n) is 7.04. The number of rotatable bonds is 17. The number of hydrogen-bond donors (Lipinski definition) is 9. The number of hydrogen-bond acceptors (Lipinski definition) is 8. The number of aliphatic carboxylic acids is 2. The Hall–Kier alpha value is -5.44. The van der Waals surface area contributed by atoms with Crippen LogP contribution in [0.15, 0.2) is 54.7 Å². The molecule has 4 atom stereocenters. The SMILES string of the molecule is NC(=O)CCC(NC(=O)C(Cc1c[nH]c2ccccc12)NC(=O)C(Cc1ccc(O)cc1)NC(=O)C(N)CCC(=O)O)C(=O)O. The smallest absolute Gasteiger partial charge is 0.326 e. The fourth-order valence-electron chi connectivity index (χ4n) is 4.58. The summed E-state index contributed by atoms with van der Waals surface area (Å²) in [4.78, 5) is 77.1. The minimum Gasteiger partial charge on any atom is -0.508 e. The summed E-state index contributed by atoms with van der Waals surface area (Å²) in [6.45, 7) is 0. The zero-order valence-electron chi connectivity index (χ0n) is 24.2. The maximum absolute atomic E-state index is 13.7. The van der Waals surface area contributed by atoms with Crippen molar-refractivity contribution in [1.29, 1.82) is 0 Å². The number of fused-ring (bicyclic) bond motifs is 1. The Balaban J connectivity index is 1.90. The van der Waals surface area contributed by atoms with E-state index in [2.05, 4.69) is 20.9 Å². The first-order valence-corrected chi connectivity index (χ1v) is 14.1. The van der Waals surface area contributed by atoms with Gasteiger partial charge in [-0.25, -0.2) is 4.79 Å². The van der Waals surface area contributed by atoms with Crippen molar-refractivity contribution in [2.24, 2.45) is 11.5 Å². The molecular weight excluding hydrogens is 588 g/mol. The molecule has 15 nitrogen and oxygen atoms in total. The molecule has 3 aromatic rings. The van der Waals surface area contributed by atoms with E-state index < -0.39 is 59.7 Å². The summed E-state index contributed by atoms with van der Waals surface area (Å²) in [6.07, 6.45) is 0.315. The average Bonchev–Trinajstić information content (AvgIpc) is 3.40. The number of carbonyl (C=O) groups excluding carboxylic acids is 4. The van der Waals surface area contributed by atoms with E-state index in [-0.39, 0.29) is 44.3 Å². The van der Waals surface area contributed by atoms with E-state index in [0.717, 1.165) is 10.9 Å². The highest BCUT2D eigenvalue weighted by atomic mass is 16.4. The lowest BCUT2D eigenvalue weighted by molar-refractivity contribution is -0.142. The molecule has 4 amide bonds. The average molecular weight is 625 g/mol. The first kappa shape index (κ1) is 34.1. The van der Waals surface area contributed by atoms with Crippen molar-refractivity contribution in [3.63, 3.8) is 0 Å². The van der Waals surface area contributed by atoms with Crippen LogP contribution in [0.25, 0.3) is 10.9 Å². The Bertz CT molecular complexity index is 1540. The van der Waals surface area contributed by atoms with Crippen molar-refractivity contribution in [2.45, 2.75) is 62.7 Å². The number of aromatic hydroxyl groups is 1. The number of H-pyrrole nitrogens is 1. The first-order valence-electron chi connectivity index (χ1n) is 14.1. The summed E-state index contributed by atoms with van der Waals surface area (Å²) in [5.41, 5.74) is 12.9. The monoisotopic (exact) mass is 624 g/mol. The number of carboxylic acid groups (broad SMARTS) is 2. The molecule has 45 heavy (non-hydrogen) atoms. The van der Waals surface area contributed by atoms with Gasteiger partial charge in [0.15, 0.2) is 0 Å². The fraction of sp³-hybridized carbons (Fsp3) is 0.333. The summed E-state index contributed by atoms with van der Waals surface area (Å²) in [7, 11) is 0. The number of benzene rings is 2. The molecule has 0 aliphatic heterocycles. The molecule has 3 rings (SSSR count). The lowest BCUT2D eigenvalue weighted by atomic mass is 10.0. The zero-order chi connectivity index (χ0) is 33.1. The molecule has 2 aromatic carbocycles. The van der Waals surface area contributed by atoms with Gasteiger partial charge >= 0.3 is 11.9 Å². The predicted octanol–water partition coefficient (Wildman–Crippen LogP) is -0.345. The second kappa shape index (κ2) is 15.9. The normalized spacial score (nSPS) is 13.6. The number of aromatic amines is 1. The second-order valence-corrected chi connectivity index (χ2v) is 10.5. The quantitative estimate of drug-likeness (QED) is 0.0942. The Kier molecular flexibility index (Phi) is 12.0. The molecule has 0 bridgehead atoms. The van der Waals surface area contributed by atoms with Crippen LogP contribution in [0.3, 0.4) is 0 Å². The molecular formula is C30H36N6O9. The molecule has 4 unspecified atom stereocenters. The molecule has 0 aliphatic carbocycles. The van der Waals surface area contributed by atoms with Gasteiger partial charge in [-0.2, -0.15) is 0 Å². The number of nitrogens with two attached hydrogens (primary N) is 2. The zero-order valence-corrected chi connectivity index (χ0v) is 24.2. The molecule has 1 aromatic heterocycles. The van der Waals surface area contributed by atoms with Gasteiger partial charge in [0.25, 0.3) is 0 Å². The maximum Gasteiger partial charge on any atom is 0.326 e. The molecule has 0 fully saturated rings. The highest BCUT2D eigenvalue weighted by molar-refractivity contribution is 5.95. The molecule has 0 saturated carbocycles. The van der Waals surface area contributed by atoms with Gasteiger partial charge in [0, 0.05) is 42.8 Å². The Morgan fingerprint density at radius 2 is 1.36 bits per heavy atom. The Morgan fingerprint density at radius 3 is 1.98 bits per heavy atom. The van der Waals surface area contributed by atoms with Crippen molar-refractivity contribution in [3.05, 3.63) is 65.9 Å². The van der Waals surface area contributed by atoms with Crippen molar-refractivity contribution < 1.29 is 44.1 Å². The number of nitrogens with one attached hydrogen (secondary N) is 4. The Labute approximate surface area is 257 Å². The topological polar surface area (TPSA) is 267 Å². The van der Waals surface area contributed by atoms with Crippen LogP contribution in [0.2, 0.25) is 0 Å². The highest BCUT2D eigenvalue weighted by Gasteiger charge is 2.31. The van der Waals surface area contributed by atoms with Crippen LogP contribution in [-0.4, -0.2) is 80.0 Å². The number of para-hydroxylation sites is 1. The van der Waals surface area contributed by atoms with Gasteiger partial charge in [0.05, 0.1) is 6.04 Å². The van der Waals surface area contributed by atoms with Crippen molar-refractivity contribution >= 4 is 46.5 Å². The van der Waals surface area contributed by atoms with Gasteiger partial charge in [-0.1, -0.05) is 30.3 Å². The molecule has 0 radical (unpaired) electrons. The van der Waals surface area contributed by atoms with E-state index in [1.54, 1.807) is 18.3 Å². The summed E-state index contributed by atoms with van der Waals surface area (Å²) >= 11 is 0. The lowest BCUT2D eigenvalue weighted by Gasteiger charge is -2.25. The molecule has 11 N–H and O–H groups in total. The van der Waals surface area contributed by atoms with Crippen LogP contribution in [0.4, 0.5) is 0 Å². The van der Waals surface area contributed by atoms with E-state index in [0.29, 0.717) is 11.1 Å². The lowest BCUT2D eigenvalue weighted by Crippen LogP contribution is -2.58. The molecule has 0 spiro atoms. The van der Waals surface area contributed by atoms with Crippen LogP contribution < -0.4 is 27.4 Å². The Morgan fingerprint density at radius 1 is 0.756 bits per heavy atom. The third-order valence-corrected chi connectivity index (χ3v) is 7.04. The first-order chi connectivity index (χ1) is 21.3. The fourth-order valence-corrected chi connectivity index (χ4v) is 4.58. The van der Waals surface area contributed by atoms with Crippen molar-refractivity contribution in [2.75, 3.05) is 0 Å². The van der Waals surface area contributed by atoms with Crippen LogP contribution in [0.5, 0.6) is 5.75 Å². The molecule has 0 aliphatic rings. The van der Waals surface area contributed by atoms with E-state index >= 15 is 0 Å². The molecule has 1 heterocycles. The van der Waals surface area contributed by atoms with Gasteiger partial charge < -0.3 is 47.7 Å². The number of amides is 4. The number of phenolic OH excluding ortho intramolecular Hbond substituents is 1. The largest absolute Gasteiger partial charge is 0.508 e. The number of primary amides is 1. The van der Waals surface area contributed by atoms with Gasteiger partial charge in [0.1, 0.15) is 23.9 Å². The minimum absolute atomic E-state index is 0.0285. The number of phenols is 1. The van der Waals surface area contributed by atoms with E-state index in [1.165, 1.54) is 24.3 Å². The van der Waals surface area contributed by atoms with E-state index in [9.17, 15) is 39.0 Å². The van der Waals surface area contributed by atoms with E-state index in [1.807, 2.05) is 12.1 Å². The second-order valence-electron chi connectivity index (χ2n) is 10.5. The minimum atomic E-state index is -1.48. The van der Waals surface area contributed by atoms with Gasteiger partial charge in [0.2, 0.25) is 23.6 Å². The summed E-state index contributed by atoms with van der Waals surface area (Å²) in [5.74, 6) is -5.82. The third kappa shape index (κ3) is 10.4. The van der Waals surface area contributed by atoms with Crippen LogP contribution in [-0.2, 0) is 41.6 Å². The van der Waals surface area contributed by atoms with Gasteiger partial charge in [-0.15, -0.1) is 0 Å². The van der Waals surface area contributed by atoms with Crippen LogP contribution >= 0.6 is 0 Å². The van der Waals surface area contributed by atoms with Crippen LogP contribution in [0, 0.1) is 0 Å². The summed E-state index contributed by atoms with van der Waals surface area (Å²) in [5, 5.41) is 36.4. The number of carboxylic acids is 2. The highest BCUT2D eigenvalue weighted by Crippen LogP contribution is 2.20. The predicted molar refractivity (Wildman–Crippen MR) is 161 cm³/mol.